The largest absolute Gasteiger partial charge is 0.324 e. The maximum Gasteiger partial charge on any atom is 0.231 e. The molecule has 0 heterocycles. The van der Waals surface area contributed by atoms with Crippen molar-refractivity contribution in [2.45, 2.75) is 13.8 Å². The molecule has 0 aliphatic heterocycles. The molecule has 0 atom stereocenters. The number of nitrogens with zero attached hydrogens (tertiary/aromatic N) is 1. The molecular formula is C12H12Cl2N2O. The minimum absolute atomic E-state index is 0.203. The summed E-state index contributed by atoms with van der Waals surface area (Å²) in [5.41, 5.74) is 0.176. The Morgan fingerprint density at radius 2 is 2.18 bits per heavy atom. The highest BCUT2D eigenvalue weighted by Gasteiger charge is 2.26. The molecule has 3 nitrogen and oxygen atoms in total. The highest BCUT2D eigenvalue weighted by Crippen LogP contribution is 2.26. The number of amides is 1. The van der Waals surface area contributed by atoms with E-state index in [0.717, 1.165) is 0 Å². The van der Waals surface area contributed by atoms with Crippen molar-refractivity contribution in [2.75, 3.05) is 11.2 Å². The third-order valence-corrected chi connectivity index (χ3v) is 3.29. The number of nitrogens with one attached hydrogen (secondary N) is 1. The molecule has 17 heavy (non-hydrogen) atoms. The number of benzene rings is 1. The van der Waals surface area contributed by atoms with Crippen molar-refractivity contribution in [3.63, 3.8) is 0 Å². The quantitative estimate of drug-likeness (QED) is 0.856. The van der Waals surface area contributed by atoms with E-state index in [1.807, 2.05) is 6.07 Å². The van der Waals surface area contributed by atoms with Crippen molar-refractivity contribution >= 4 is 34.8 Å². The third kappa shape index (κ3) is 3.36. The maximum absolute atomic E-state index is 11.9. The number of alkyl halides is 1. The number of hydrogen-bond acceptors (Lipinski definition) is 2. The molecule has 0 bridgehead atoms. The Morgan fingerprint density at radius 1 is 1.53 bits per heavy atom. The Labute approximate surface area is 110 Å². The van der Waals surface area contributed by atoms with Gasteiger partial charge in [-0.1, -0.05) is 11.6 Å². The summed E-state index contributed by atoms with van der Waals surface area (Å²) in [6.45, 7) is 3.47. The van der Waals surface area contributed by atoms with Crippen LogP contribution in [0, 0.1) is 16.7 Å². The molecule has 90 valence electrons. The highest BCUT2D eigenvalue weighted by atomic mass is 35.5. The van der Waals surface area contributed by atoms with Crippen LogP contribution in [-0.2, 0) is 4.79 Å². The first-order chi connectivity index (χ1) is 7.90. The number of halogens is 2. The molecule has 0 saturated carbocycles. The Balaban J connectivity index is 2.96. The SMILES string of the molecule is CC(C)(CCl)C(=O)Nc1cc(C#N)ccc1Cl. The number of carbonyl (C=O) groups excluding carboxylic acids is 1. The second kappa shape index (κ2) is 5.39. The van der Waals surface area contributed by atoms with E-state index in [2.05, 4.69) is 5.32 Å². The summed E-state index contributed by atoms with van der Waals surface area (Å²) in [5.74, 6) is -0.0292. The van der Waals surface area contributed by atoms with Crippen LogP contribution in [0.5, 0.6) is 0 Å². The summed E-state index contributed by atoms with van der Waals surface area (Å²) in [6.07, 6.45) is 0. The molecule has 0 aliphatic carbocycles. The monoisotopic (exact) mass is 270 g/mol. The Morgan fingerprint density at radius 3 is 2.71 bits per heavy atom. The lowest BCUT2D eigenvalue weighted by molar-refractivity contribution is -0.122. The van der Waals surface area contributed by atoms with Gasteiger partial charge in [0.25, 0.3) is 0 Å². The summed E-state index contributed by atoms with van der Waals surface area (Å²) in [7, 11) is 0. The van der Waals surface area contributed by atoms with Gasteiger partial charge in [-0.25, -0.2) is 0 Å². The molecule has 5 heteroatoms. The fourth-order valence-corrected chi connectivity index (χ4v) is 1.33. The van der Waals surface area contributed by atoms with E-state index < -0.39 is 5.41 Å². The van der Waals surface area contributed by atoms with Gasteiger partial charge in [-0.2, -0.15) is 5.26 Å². The van der Waals surface area contributed by atoms with Gasteiger partial charge < -0.3 is 5.32 Å². The van der Waals surface area contributed by atoms with Crippen LogP contribution >= 0.6 is 23.2 Å². The normalized spacial score (nSPS) is 10.8. The lowest BCUT2D eigenvalue weighted by Gasteiger charge is -2.20. The van der Waals surface area contributed by atoms with Gasteiger partial charge in [0.1, 0.15) is 0 Å². The van der Waals surface area contributed by atoms with Crippen LogP contribution in [0.2, 0.25) is 5.02 Å². The summed E-state index contributed by atoms with van der Waals surface area (Å²) in [4.78, 5) is 11.9. The van der Waals surface area contributed by atoms with Crippen molar-refractivity contribution in [3.05, 3.63) is 28.8 Å². The zero-order valence-corrected chi connectivity index (χ0v) is 11.1. The molecule has 1 aromatic rings. The van der Waals surface area contributed by atoms with Crippen molar-refractivity contribution in [2.24, 2.45) is 5.41 Å². The first-order valence-electron chi connectivity index (χ1n) is 4.98. The Kier molecular flexibility index (Phi) is 4.39. The lowest BCUT2D eigenvalue weighted by Crippen LogP contribution is -2.32. The Bertz CT molecular complexity index is 478. The molecule has 0 fully saturated rings. The van der Waals surface area contributed by atoms with Gasteiger partial charge in [0, 0.05) is 5.88 Å². The van der Waals surface area contributed by atoms with Crippen LogP contribution in [0.3, 0.4) is 0 Å². The van der Waals surface area contributed by atoms with Crippen molar-refractivity contribution < 1.29 is 4.79 Å². The number of nitriles is 1. The van der Waals surface area contributed by atoms with Crippen LogP contribution in [0.15, 0.2) is 18.2 Å². The van der Waals surface area contributed by atoms with Gasteiger partial charge in [0.15, 0.2) is 0 Å². The number of rotatable bonds is 3. The molecule has 0 radical (unpaired) electrons. The summed E-state index contributed by atoms with van der Waals surface area (Å²) < 4.78 is 0. The van der Waals surface area contributed by atoms with E-state index in [1.165, 1.54) is 6.07 Å². The smallest absolute Gasteiger partial charge is 0.231 e. The zero-order chi connectivity index (χ0) is 13.1. The lowest BCUT2D eigenvalue weighted by atomic mass is 9.95. The van der Waals surface area contributed by atoms with Crippen LogP contribution in [0.4, 0.5) is 5.69 Å². The van der Waals surface area contributed by atoms with E-state index in [9.17, 15) is 4.79 Å². The maximum atomic E-state index is 11.9. The van der Waals surface area contributed by atoms with E-state index >= 15 is 0 Å². The molecule has 0 unspecified atom stereocenters. The van der Waals surface area contributed by atoms with Crippen molar-refractivity contribution in [1.29, 1.82) is 5.26 Å². The third-order valence-electron chi connectivity index (χ3n) is 2.29. The number of carbonyl (C=O) groups is 1. The van der Waals surface area contributed by atoms with Crippen molar-refractivity contribution in [3.8, 4) is 6.07 Å². The van der Waals surface area contributed by atoms with Crippen LogP contribution in [0.1, 0.15) is 19.4 Å². The van der Waals surface area contributed by atoms with Gasteiger partial charge >= 0.3 is 0 Å². The standard InChI is InChI=1S/C12H12Cl2N2O/c1-12(2,7-13)11(17)16-10-5-8(6-15)3-4-9(10)14/h3-5H,7H2,1-2H3,(H,16,17). The van der Waals surface area contributed by atoms with Gasteiger partial charge in [-0.3, -0.25) is 4.79 Å². The minimum Gasteiger partial charge on any atom is -0.324 e. The van der Waals surface area contributed by atoms with Crippen LogP contribution < -0.4 is 5.32 Å². The molecule has 0 aliphatic rings. The average molecular weight is 271 g/mol. The first-order valence-corrected chi connectivity index (χ1v) is 5.89. The summed E-state index contributed by atoms with van der Waals surface area (Å²) >= 11 is 11.6. The number of hydrogen-bond donors (Lipinski definition) is 1. The van der Waals surface area contributed by atoms with Gasteiger partial charge in [-0.15, -0.1) is 11.6 Å². The van der Waals surface area contributed by atoms with Crippen molar-refractivity contribution in [1.82, 2.24) is 0 Å². The van der Waals surface area contributed by atoms with Gasteiger partial charge in [-0.05, 0) is 32.0 Å². The van der Waals surface area contributed by atoms with E-state index in [0.29, 0.717) is 16.3 Å². The topological polar surface area (TPSA) is 52.9 Å². The van der Waals surface area contributed by atoms with Crippen LogP contribution in [-0.4, -0.2) is 11.8 Å². The summed E-state index contributed by atoms with van der Waals surface area (Å²) in [5, 5.41) is 11.8. The van der Waals surface area contributed by atoms with E-state index in [4.69, 9.17) is 28.5 Å². The molecule has 1 amide bonds. The minimum atomic E-state index is -0.687. The molecule has 0 aromatic heterocycles. The predicted molar refractivity (Wildman–Crippen MR) is 69.3 cm³/mol. The van der Waals surface area contributed by atoms with Gasteiger partial charge in [0.05, 0.1) is 27.8 Å². The van der Waals surface area contributed by atoms with Crippen LogP contribution in [0.25, 0.3) is 0 Å². The fraction of sp³-hybridized carbons (Fsp3) is 0.333. The predicted octanol–water partition coefficient (Wildman–Crippen LogP) is 3.42. The first kappa shape index (κ1) is 13.8. The number of anilines is 1. The zero-order valence-electron chi connectivity index (χ0n) is 9.55. The molecule has 0 spiro atoms. The Hall–Kier alpha value is -1.24. The molecule has 0 saturated heterocycles. The molecule has 1 N–H and O–H groups in total. The fourth-order valence-electron chi connectivity index (χ4n) is 1.04. The second-order valence-corrected chi connectivity index (χ2v) is 4.95. The molecule has 1 aromatic carbocycles. The molecular weight excluding hydrogens is 259 g/mol. The van der Waals surface area contributed by atoms with E-state index in [-0.39, 0.29) is 11.8 Å². The summed E-state index contributed by atoms with van der Waals surface area (Å²) in [6, 6.07) is 6.68. The highest BCUT2D eigenvalue weighted by molar-refractivity contribution is 6.33. The van der Waals surface area contributed by atoms with Gasteiger partial charge in [0.2, 0.25) is 5.91 Å². The second-order valence-electron chi connectivity index (χ2n) is 4.28. The average Bonchev–Trinajstić information content (AvgIpc) is 2.31. The van der Waals surface area contributed by atoms with E-state index in [1.54, 1.807) is 26.0 Å². The molecule has 1 rings (SSSR count).